The lowest BCUT2D eigenvalue weighted by Crippen LogP contribution is -2.32. The van der Waals surface area contributed by atoms with E-state index in [0.717, 1.165) is 22.5 Å². The summed E-state index contributed by atoms with van der Waals surface area (Å²) in [6.07, 6.45) is 0.208. The Hall–Kier alpha value is -2.33. The van der Waals surface area contributed by atoms with E-state index >= 15 is 0 Å². The maximum atomic E-state index is 12.2. The van der Waals surface area contributed by atoms with Crippen LogP contribution in [0.5, 0.6) is 0 Å². The largest absolute Gasteiger partial charge is 0.326 e. The number of aryl methyl sites for hydroxylation is 1. The number of halogens is 1. The normalized spacial score (nSPS) is 10.3. The van der Waals surface area contributed by atoms with E-state index < -0.39 is 0 Å². The van der Waals surface area contributed by atoms with Gasteiger partial charge in [0.25, 0.3) is 0 Å². The highest BCUT2D eigenvalue weighted by atomic mass is 35.5. The van der Waals surface area contributed by atoms with Gasteiger partial charge in [-0.05, 0) is 43.2 Å². The van der Waals surface area contributed by atoms with Crippen LogP contribution in [0.3, 0.4) is 0 Å². The summed E-state index contributed by atoms with van der Waals surface area (Å²) < 4.78 is 0. The molecule has 0 radical (unpaired) electrons. The summed E-state index contributed by atoms with van der Waals surface area (Å²) in [6, 6.07) is 13.0. The average Bonchev–Trinajstić information content (AvgIpc) is 2.53. The third-order valence-electron chi connectivity index (χ3n) is 3.89. The van der Waals surface area contributed by atoms with Crippen LogP contribution in [0.25, 0.3) is 0 Å². The van der Waals surface area contributed by atoms with Gasteiger partial charge in [-0.25, -0.2) is 0 Å². The van der Waals surface area contributed by atoms with Crippen LogP contribution in [-0.2, 0) is 9.59 Å². The lowest BCUT2D eigenvalue weighted by molar-refractivity contribution is -0.117. The van der Waals surface area contributed by atoms with Crippen LogP contribution >= 0.6 is 11.6 Å². The molecule has 0 saturated heterocycles. The fraction of sp³-hybridized carbons (Fsp3) is 0.263. The molecular formula is C19H21ClN2O2. The van der Waals surface area contributed by atoms with Gasteiger partial charge in [0.1, 0.15) is 0 Å². The summed E-state index contributed by atoms with van der Waals surface area (Å²) in [7, 11) is 0. The molecular weight excluding hydrogens is 324 g/mol. The van der Waals surface area contributed by atoms with Gasteiger partial charge in [0.15, 0.2) is 0 Å². The summed E-state index contributed by atoms with van der Waals surface area (Å²) in [5.74, 6) is -0.251. The molecule has 0 heterocycles. The Morgan fingerprint density at radius 3 is 2.46 bits per heavy atom. The van der Waals surface area contributed by atoms with E-state index in [1.54, 1.807) is 17.0 Å². The highest BCUT2D eigenvalue weighted by Crippen LogP contribution is 2.27. The zero-order chi connectivity index (χ0) is 17.7. The molecule has 0 saturated carbocycles. The molecule has 2 aromatic rings. The fourth-order valence-electron chi connectivity index (χ4n) is 2.48. The highest BCUT2D eigenvalue weighted by molar-refractivity contribution is 6.31. The minimum atomic E-state index is -0.129. The van der Waals surface area contributed by atoms with E-state index in [1.807, 2.05) is 44.2 Å². The van der Waals surface area contributed by atoms with Gasteiger partial charge in [0.05, 0.1) is 0 Å². The molecule has 24 heavy (non-hydrogen) atoms. The Labute approximate surface area is 147 Å². The highest BCUT2D eigenvalue weighted by Gasteiger charge is 2.16. The molecule has 0 bridgehead atoms. The Kier molecular flexibility index (Phi) is 5.99. The number of nitrogens with one attached hydrogen (secondary N) is 1. The summed E-state index contributed by atoms with van der Waals surface area (Å²) in [6.45, 7) is 5.58. The van der Waals surface area contributed by atoms with E-state index in [0.29, 0.717) is 11.6 Å². The number of hydrogen-bond donors (Lipinski definition) is 1. The van der Waals surface area contributed by atoms with Crippen molar-refractivity contribution in [2.45, 2.75) is 27.2 Å². The SMILES string of the molecule is CC(=O)N(CCC(=O)Nc1ccccc1C)c1cccc(Cl)c1C. The van der Waals surface area contributed by atoms with Crippen molar-refractivity contribution in [3.8, 4) is 0 Å². The molecule has 0 aliphatic rings. The first-order chi connectivity index (χ1) is 11.4. The van der Waals surface area contributed by atoms with Gasteiger partial charge in [0, 0.05) is 36.3 Å². The predicted octanol–water partition coefficient (Wildman–Crippen LogP) is 4.34. The van der Waals surface area contributed by atoms with Gasteiger partial charge >= 0.3 is 0 Å². The lowest BCUT2D eigenvalue weighted by Gasteiger charge is -2.23. The van der Waals surface area contributed by atoms with Crippen molar-refractivity contribution >= 4 is 34.8 Å². The number of para-hydroxylation sites is 1. The molecule has 0 fully saturated rings. The monoisotopic (exact) mass is 344 g/mol. The minimum Gasteiger partial charge on any atom is -0.326 e. The molecule has 0 unspecified atom stereocenters. The number of hydrogen-bond acceptors (Lipinski definition) is 2. The molecule has 0 aliphatic carbocycles. The van der Waals surface area contributed by atoms with E-state index in [9.17, 15) is 9.59 Å². The number of carbonyl (C=O) groups excluding carboxylic acids is 2. The first kappa shape index (κ1) is 18.0. The third-order valence-corrected chi connectivity index (χ3v) is 4.30. The molecule has 1 N–H and O–H groups in total. The van der Waals surface area contributed by atoms with E-state index in [2.05, 4.69) is 5.32 Å². The topological polar surface area (TPSA) is 49.4 Å². The van der Waals surface area contributed by atoms with Crippen molar-refractivity contribution in [1.29, 1.82) is 0 Å². The van der Waals surface area contributed by atoms with Crippen LogP contribution in [0, 0.1) is 13.8 Å². The van der Waals surface area contributed by atoms with Crippen LogP contribution in [0.15, 0.2) is 42.5 Å². The number of rotatable bonds is 5. The Balaban J connectivity index is 2.07. The molecule has 0 atom stereocenters. The summed E-state index contributed by atoms with van der Waals surface area (Å²) in [5.41, 5.74) is 3.35. The predicted molar refractivity (Wildman–Crippen MR) is 98.6 cm³/mol. The van der Waals surface area contributed by atoms with Crippen molar-refractivity contribution in [1.82, 2.24) is 0 Å². The third kappa shape index (κ3) is 4.36. The molecule has 0 aromatic heterocycles. The van der Waals surface area contributed by atoms with Gasteiger partial charge in [-0.2, -0.15) is 0 Å². The standard InChI is InChI=1S/C19H21ClN2O2/c1-13-7-4-5-9-17(13)21-19(24)11-12-22(15(3)23)18-10-6-8-16(20)14(18)2/h4-10H,11-12H2,1-3H3,(H,21,24). The Bertz CT molecular complexity index is 759. The maximum absolute atomic E-state index is 12.2. The van der Waals surface area contributed by atoms with Crippen molar-refractivity contribution in [3.63, 3.8) is 0 Å². The van der Waals surface area contributed by atoms with Crippen molar-refractivity contribution < 1.29 is 9.59 Å². The maximum Gasteiger partial charge on any atom is 0.226 e. The molecule has 4 nitrogen and oxygen atoms in total. The van der Waals surface area contributed by atoms with Gasteiger partial charge in [-0.15, -0.1) is 0 Å². The van der Waals surface area contributed by atoms with Crippen LogP contribution in [0.1, 0.15) is 24.5 Å². The fourth-order valence-corrected chi connectivity index (χ4v) is 2.64. The molecule has 2 aromatic carbocycles. The minimum absolute atomic E-state index is 0.121. The zero-order valence-corrected chi connectivity index (χ0v) is 14.9. The average molecular weight is 345 g/mol. The number of carbonyl (C=O) groups is 2. The molecule has 2 amide bonds. The van der Waals surface area contributed by atoms with Gasteiger partial charge in [0.2, 0.25) is 11.8 Å². The zero-order valence-electron chi connectivity index (χ0n) is 14.1. The summed E-state index contributed by atoms with van der Waals surface area (Å²) in [4.78, 5) is 25.8. The van der Waals surface area contributed by atoms with Crippen LogP contribution in [0.4, 0.5) is 11.4 Å². The summed E-state index contributed by atoms with van der Waals surface area (Å²) >= 11 is 6.13. The van der Waals surface area contributed by atoms with Gasteiger partial charge in [-0.3, -0.25) is 9.59 Å². The van der Waals surface area contributed by atoms with Crippen LogP contribution in [0.2, 0.25) is 5.02 Å². The second kappa shape index (κ2) is 7.97. The molecule has 0 spiro atoms. The number of amides is 2. The second-order valence-electron chi connectivity index (χ2n) is 5.67. The van der Waals surface area contributed by atoms with Crippen LogP contribution in [-0.4, -0.2) is 18.4 Å². The number of benzene rings is 2. The molecule has 126 valence electrons. The molecule has 2 rings (SSSR count). The number of nitrogens with zero attached hydrogens (tertiary/aromatic N) is 1. The Morgan fingerprint density at radius 1 is 1.08 bits per heavy atom. The molecule has 0 aliphatic heterocycles. The van der Waals surface area contributed by atoms with Crippen molar-refractivity contribution in [3.05, 3.63) is 58.6 Å². The van der Waals surface area contributed by atoms with E-state index in [1.165, 1.54) is 6.92 Å². The van der Waals surface area contributed by atoms with E-state index in [4.69, 9.17) is 11.6 Å². The second-order valence-corrected chi connectivity index (χ2v) is 6.07. The van der Waals surface area contributed by atoms with Gasteiger partial charge in [-0.1, -0.05) is 35.9 Å². The first-order valence-electron chi connectivity index (χ1n) is 7.79. The first-order valence-corrected chi connectivity index (χ1v) is 8.16. The van der Waals surface area contributed by atoms with Gasteiger partial charge < -0.3 is 10.2 Å². The van der Waals surface area contributed by atoms with Crippen molar-refractivity contribution in [2.24, 2.45) is 0 Å². The van der Waals surface area contributed by atoms with Crippen molar-refractivity contribution in [2.75, 3.05) is 16.8 Å². The lowest BCUT2D eigenvalue weighted by atomic mass is 10.1. The Morgan fingerprint density at radius 2 is 1.79 bits per heavy atom. The quantitative estimate of drug-likeness (QED) is 0.877. The number of anilines is 2. The summed E-state index contributed by atoms with van der Waals surface area (Å²) in [5, 5.41) is 3.48. The van der Waals surface area contributed by atoms with E-state index in [-0.39, 0.29) is 18.2 Å². The molecule has 5 heteroatoms. The smallest absolute Gasteiger partial charge is 0.226 e. The van der Waals surface area contributed by atoms with Crippen LogP contribution < -0.4 is 10.2 Å².